The first-order valence-electron chi connectivity index (χ1n) is 3.65. The van der Waals surface area contributed by atoms with Crippen LogP contribution in [0.25, 0.3) is 0 Å². The zero-order chi connectivity index (χ0) is 8.48. The van der Waals surface area contributed by atoms with Crippen molar-refractivity contribution >= 4 is 17.7 Å². The van der Waals surface area contributed by atoms with E-state index in [1.165, 1.54) is 6.21 Å². The maximum Gasteiger partial charge on any atom is 0.184 e. The summed E-state index contributed by atoms with van der Waals surface area (Å²) in [5, 5.41) is 7.54. The van der Waals surface area contributed by atoms with Gasteiger partial charge in [-0.1, -0.05) is 20.8 Å². The van der Waals surface area contributed by atoms with E-state index < -0.39 is 0 Å². The molecule has 3 nitrogen and oxygen atoms in total. The van der Waals surface area contributed by atoms with Crippen molar-refractivity contribution in [2.24, 2.45) is 15.6 Å². The number of hydrogen-bond acceptors (Lipinski definition) is 3. The van der Waals surface area contributed by atoms with Gasteiger partial charge in [0.2, 0.25) is 0 Å². The van der Waals surface area contributed by atoms with E-state index in [2.05, 4.69) is 10.2 Å². The maximum atomic E-state index is 11.2. The van der Waals surface area contributed by atoms with Gasteiger partial charge in [0.05, 0.1) is 0 Å². The van der Waals surface area contributed by atoms with Gasteiger partial charge < -0.3 is 0 Å². The van der Waals surface area contributed by atoms with Crippen molar-refractivity contribution < 1.29 is 4.79 Å². The molecule has 0 aromatic carbocycles. The third-order valence-electron chi connectivity index (χ3n) is 1.49. The smallest absolute Gasteiger partial charge is 0.184 e. The number of ketones is 1. The Morgan fingerprint density at radius 2 is 2.09 bits per heavy atom. The third-order valence-corrected chi connectivity index (χ3v) is 1.49. The lowest BCUT2D eigenvalue weighted by Gasteiger charge is -2.19. The zero-order valence-corrected chi connectivity index (χ0v) is 7.09. The predicted molar refractivity (Wildman–Crippen MR) is 45.0 cm³/mol. The quantitative estimate of drug-likeness (QED) is 0.517. The van der Waals surface area contributed by atoms with E-state index in [1.54, 1.807) is 0 Å². The molecule has 60 valence electrons. The Labute approximate surface area is 66.2 Å². The first-order valence-corrected chi connectivity index (χ1v) is 3.65. The van der Waals surface area contributed by atoms with Crippen molar-refractivity contribution in [1.82, 2.24) is 0 Å². The van der Waals surface area contributed by atoms with Crippen LogP contribution in [0.5, 0.6) is 0 Å². The monoisotopic (exact) mass is 152 g/mol. The number of hydrogen-bond donors (Lipinski definition) is 0. The van der Waals surface area contributed by atoms with E-state index in [9.17, 15) is 4.79 Å². The van der Waals surface area contributed by atoms with E-state index in [-0.39, 0.29) is 11.2 Å². The molecular weight excluding hydrogens is 140 g/mol. The average molecular weight is 152 g/mol. The van der Waals surface area contributed by atoms with Crippen LogP contribution in [0.3, 0.4) is 0 Å². The molecule has 11 heavy (non-hydrogen) atoms. The first-order chi connectivity index (χ1) is 5.02. The summed E-state index contributed by atoms with van der Waals surface area (Å²) in [6.45, 7) is 5.89. The molecule has 1 rings (SSSR count). The van der Waals surface area contributed by atoms with E-state index in [1.807, 2.05) is 20.8 Å². The maximum absolute atomic E-state index is 11.2. The van der Waals surface area contributed by atoms with Crippen LogP contribution < -0.4 is 0 Å². The molecule has 0 saturated carbocycles. The van der Waals surface area contributed by atoms with Gasteiger partial charge in [0.25, 0.3) is 0 Å². The van der Waals surface area contributed by atoms with Crippen LogP contribution in [0.15, 0.2) is 10.2 Å². The van der Waals surface area contributed by atoms with Crippen molar-refractivity contribution in [1.29, 1.82) is 0 Å². The molecule has 0 unspecified atom stereocenters. The Balaban J connectivity index is 2.93. The highest BCUT2D eigenvalue weighted by Crippen LogP contribution is 2.18. The van der Waals surface area contributed by atoms with E-state index in [4.69, 9.17) is 0 Å². The second-order valence-electron chi connectivity index (χ2n) is 3.62. The minimum atomic E-state index is -0.172. The lowest BCUT2D eigenvalue weighted by atomic mass is 9.86. The summed E-state index contributed by atoms with van der Waals surface area (Å²) in [5.41, 5.74) is 0.412. The lowest BCUT2D eigenvalue weighted by molar-refractivity contribution is -0.112. The van der Waals surface area contributed by atoms with Gasteiger partial charge in [0.1, 0.15) is 5.71 Å². The highest BCUT2D eigenvalue weighted by Gasteiger charge is 2.26. The summed E-state index contributed by atoms with van der Waals surface area (Å²) in [6, 6.07) is 0. The first kappa shape index (κ1) is 8.11. The number of Topliss-reactive ketones (excluding diaryl/α,β-unsaturated/α-hetero) is 1. The fraction of sp³-hybridized carbons (Fsp3) is 0.625. The Morgan fingerprint density at radius 1 is 1.45 bits per heavy atom. The van der Waals surface area contributed by atoms with E-state index >= 15 is 0 Å². The second kappa shape index (κ2) is 2.57. The molecule has 0 atom stereocenters. The second-order valence-corrected chi connectivity index (χ2v) is 3.62. The molecule has 1 aliphatic rings. The topological polar surface area (TPSA) is 41.8 Å². The summed E-state index contributed by atoms with van der Waals surface area (Å²) in [7, 11) is 0. The van der Waals surface area contributed by atoms with Crippen molar-refractivity contribution in [2.75, 3.05) is 0 Å². The zero-order valence-electron chi connectivity index (χ0n) is 7.09. The van der Waals surface area contributed by atoms with Gasteiger partial charge in [0.15, 0.2) is 5.78 Å². The number of carbonyl (C=O) groups excluding carboxylic acids is 1. The largest absolute Gasteiger partial charge is 0.292 e. The molecule has 0 amide bonds. The van der Waals surface area contributed by atoms with Crippen LogP contribution >= 0.6 is 0 Å². The number of rotatable bonds is 0. The fourth-order valence-corrected chi connectivity index (χ4v) is 0.943. The van der Waals surface area contributed by atoms with Gasteiger partial charge in [-0.2, -0.15) is 10.2 Å². The van der Waals surface area contributed by atoms with Crippen LogP contribution in [0, 0.1) is 5.41 Å². The molecule has 1 heterocycles. The van der Waals surface area contributed by atoms with Crippen LogP contribution in [0.1, 0.15) is 27.2 Å². The van der Waals surface area contributed by atoms with Crippen molar-refractivity contribution in [3.8, 4) is 0 Å². The molecule has 0 bridgehead atoms. The third kappa shape index (κ3) is 1.73. The molecular formula is C8H12N2O. The molecule has 3 heteroatoms. The Morgan fingerprint density at radius 3 is 2.45 bits per heavy atom. The normalized spacial score (nSPS) is 18.5. The predicted octanol–water partition coefficient (Wildman–Crippen LogP) is 1.43. The van der Waals surface area contributed by atoms with Crippen molar-refractivity contribution in [3.05, 3.63) is 0 Å². The SMILES string of the molecule is CC(C)(C)C1=NN=CCC1=O. The molecule has 0 saturated heterocycles. The lowest BCUT2D eigenvalue weighted by Crippen LogP contribution is -2.30. The molecule has 0 radical (unpaired) electrons. The Bertz CT molecular complexity index is 233. The van der Waals surface area contributed by atoms with Crippen molar-refractivity contribution in [3.63, 3.8) is 0 Å². The van der Waals surface area contributed by atoms with E-state index in [0.29, 0.717) is 12.1 Å². The minimum Gasteiger partial charge on any atom is -0.292 e. The summed E-state index contributed by atoms with van der Waals surface area (Å²) in [6.07, 6.45) is 1.94. The molecule has 0 spiro atoms. The summed E-state index contributed by atoms with van der Waals surface area (Å²) in [4.78, 5) is 11.2. The molecule has 1 aliphatic heterocycles. The van der Waals surface area contributed by atoms with Gasteiger partial charge in [-0.3, -0.25) is 4.79 Å². The van der Waals surface area contributed by atoms with Crippen LogP contribution in [0.4, 0.5) is 0 Å². The minimum absolute atomic E-state index is 0.0903. The fourth-order valence-electron chi connectivity index (χ4n) is 0.943. The summed E-state index contributed by atoms with van der Waals surface area (Å²) in [5.74, 6) is 0.0903. The Kier molecular flexibility index (Phi) is 1.89. The van der Waals surface area contributed by atoms with Gasteiger partial charge in [-0.15, -0.1) is 0 Å². The van der Waals surface area contributed by atoms with Gasteiger partial charge in [-0.05, 0) is 0 Å². The van der Waals surface area contributed by atoms with Gasteiger partial charge >= 0.3 is 0 Å². The summed E-state index contributed by atoms with van der Waals surface area (Å²) >= 11 is 0. The van der Waals surface area contributed by atoms with Crippen LogP contribution in [-0.2, 0) is 4.79 Å². The van der Waals surface area contributed by atoms with Gasteiger partial charge in [-0.25, -0.2) is 0 Å². The number of carbonyl (C=O) groups is 1. The molecule has 0 aromatic heterocycles. The summed E-state index contributed by atoms with van der Waals surface area (Å²) < 4.78 is 0. The molecule has 0 N–H and O–H groups in total. The standard InChI is InChI=1S/C8H12N2O/c1-8(2,3)7-6(11)4-5-9-10-7/h5H,4H2,1-3H3. The van der Waals surface area contributed by atoms with E-state index in [0.717, 1.165) is 0 Å². The highest BCUT2D eigenvalue weighted by molar-refractivity contribution is 6.44. The number of nitrogens with zero attached hydrogens (tertiary/aromatic N) is 2. The van der Waals surface area contributed by atoms with Crippen LogP contribution in [0.2, 0.25) is 0 Å². The van der Waals surface area contributed by atoms with Crippen molar-refractivity contribution in [2.45, 2.75) is 27.2 Å². The van der Waals surface area contributed by atoms with Crippen LogP contribution in [-0.4, -0.2) is 17.7 Å². The average Bonchev–Trinajstić information content (AvgIpc) is 1.86. The molecule has 0 aromatic rings. The Hall–Kier alpha value is -0.990. The molecule has 0 aliphatic carbocycles. The highest BCUT2D eigenvalue weighted by atomic mass is 16.1. The van der Waals surface area contributed by atoms with Gasteiger partial charge in [0, 0.05) is 18.1 Å². The molecule has 0 fully saturated rings.